The Bertz CT molecular complexity index is 519. The zero-order valence-corrected chi connectivity index (χ0v) is 10.2. The van der Waals surface area contributed by atoms with Crippen LogP contribution in [-0.2, 0) is 0 Å². The van der Waals surface area contributed by atoms with Crippen molar-refractivity contribution in [2.45, 2.75) is 6.36 Å². The maximum absolute atomic E-state index is 12.0. The average molecular weight is 378 g/mol. The van der Waals surface area contributed by atoms with Gasteiger partial charge in [-0.15, -0.1) is 13.2 Å². The molecule has 0 aliphatic rings. The number of nitro groups is 1. The minimum absolute atomic E-state index is 0.312. The van der Waals surface area contributed by atoms with Crippen molar-refractivity contribution in [1.29, 1.82) is 0 Å². The van der Waals surface area contributed by atoms with Crippen LogP contribution in [0.4, 0.5) is 19.0 Å². The van der Waals surface area contributed by atoms with E-state index in [4.69, 9.17) is 5.11 Å². The van der Waals surface area contributed by atoms with Gasteiger partial charge in [-0.05, 0) is 33.6 Å². The largest absolute Gasteiger partial charge is 0.575 e. The van der Waals surface area contributed by atoms with E-state index in [0.717, 1.165) is 0 Å². The first-order chi connectivity index (χ1) is 8.11. The summed E-state index contributed by atoms with van der Waals surface area (Å²) in [4.78, 5) is 22.9. The number of aromatic carboxylic acids is 1. The highest BCUT2D eigenvalue weighted by atomic mass is 127. The molecule has 0 saturated carbocycles. The minimum Gasteiger partial charge on any atom is -0.477 e. The lowest BCUT2D eigenvalue weighted by Crippen LogP contribution is -2.19. The van der Waals surface area contributed by atoms with Crippen molar-refractivity contribution in [2.24, 2.45) is 0 Å². The summed E-state index contributed by atoms with van der Waals surface area (Å²) in [6.45, 7) is 0. The Hall–Kier alpha value is -1.66. The Kier molecular flexibility index (Phi) is 3.93. The first-order valence-corrected chi connectivity index (χ1v) is 5.03. The van der Waals surface area contributed by atoms with Gasteiger partial charge in [-0.2, -0.15) is 0 Å². The molecule has 0 atom stereocenters. The molecule has 1 aromatic heterocycles. The molecule has 1 heterocycles. The van der Waals surface area contributed by atoms with Gasteiger partial charge in [0.25, 0.3) is 0 Å². The summed E-state index contributed by atoms with van der Waals surface area (Å²) in [6, 6.07) is 0.676. The molecular weight excluding hydrogens is 376 g/mol. The maximum Gasteiger partial charge on any atom is 0.575 e. The number of carboxylic acid groups (broad SMARTS) is 1. The van der Waals surface area contributed by atoms with Crippen molar-refractivity contribution in [3.05, 3.63) is 25.3 Å². The molecule has 0 unspecified atom stereocenters. The molecule has 0 fully saturated rings. The first-order valence-electron chi connectivity index (χ1n) is 3.96. The molecule has 7 nitrogen and oxygen atoms in total. The van der Waals surface area contributed by atoms with Crippen LogP contribution in [-0.4, -0.2) is 27.3 Å². The Morgan fingerprint density at radius 1 is 1.56 bits per heavy atom. The zero-order chi connectivity index (χ0) is 14.1. The highest BCUT2D eigenvalue weighted by Crippen LogP contribution is 2.30. The Morgan fingerprint density at radius 2 is 2.11 bits per heavy atom. The number of aromatic nitrogens is 1. The molecule has 0 aromatic carbocycles. The molecular formula is C7H2F3IN2O5. The predicted molar refractivity (Wildman–Crippen MR) is 57.3 cm³/mol. The van der Waals surface area contributed by atoms with E-state index >= 15 is 0 Å². The molecule has 0 aliphatic heterocycles. The summed E-state index contributed by atoms with van der Waals surface area (Å²) in [7, 11) is 0. The molecule has 0 radical (unpaired) electrons. The summed E-state index contributed by atoms with van der Waals surface area (Å²) < 4.78 is 39.0. The van der Waals surface area contributed by atoms with E-state index in [1.54, 1.807) is 0 Å². The van der Waals surface area contributed by atoms with Gasteiger partial charge >= 0.3 is 24.0 Å². The highest BCUT2D eigenvalue weighted by Gasteiger charge is 2.36. The predicted octanol–water partition coefficient (Wildman–Crippen LogP) is 2.19. The fourth-order valence-electron chi connectivity index (χ4n) is 0.941. The van der Waals surface area contributed by atoms with Crippen LogP contribution in [0.25, 0.3) is 0 Å². The first kappa shape index (κ1) is 14.4. The molecule has 1 rings (SSSR count). The number of halogens is 4. The van der Waals surface area contributed by atoms with Gasteiger partial charge < -0.3 is 20.0 Å². The third kappa shape index (κ3) is 3.41. The van der Waals surface area contributed by atoms with E-state index < -0.39 is 34.5 Å². The van der Waals surface area contributed by atoms with Crippen LogP contribution in [0.15, 0.2) is 6.07 Å². The number of alkyl halides is 3. The molecule has 1 aromatic rings. The van der Waals surface area contributed by atoms with Crippen molar-refractivity contribution < 1.29 is 32.7 Å². The van der Waals surface area contributed by atoms with Crippen LogP contribution >= 0.6 is 22.6 Å². The van der Waals surface area contributed by atoms with Crippen LogP contribution in [0.3, 0.4) is 0 Å². The molecule has 0 saturated heterocycles. The van der Waals surface area contributed by atoms with Gasteiger partial charge in [-0.1, -0.05) is 0 Å². The van der Waals surface area contributed by atoms with Gasteiger partial charge in [0.2, 0.25) is 0 Å². The number of hydrogen-bond donors (Lipinski definition) is 1. The van der Waals surface area contributed by atoms with E-state index in [1.165, 1.54) is 22.6 Å². The molecule has 18 heavy (non-hydrogen) atoms. The third-order valence-electron chi connectivity index (χ3n) is 1.54. The SMILES string of the molecule is O=C(O)c1cc(I)c(OC(F)(F)F)nc1[N+](=O)[O-]. The van der Waals surface area contributed by atoms with Crippen LogP contribution in [0.5, 0.6) is 5.88 Å². The van der Waals surface area contributed by atoms with Crippen LogP contribution < -0.4 is 4.74 Å². The van der Waals surface area contributed by atoms with Crippen molar-refractivity contribution in [2.75, 3.05) is 0 Å². The fraction of sp³-hybridized carbons (Fsp3) is 0.143. The highest BCUT2D eigenvalue weighted by molar-refractivity contribution is 14.1. The zero-order valence-electron chi connectivity index (χ0n) is 8.06. The van der Waals surface area contributed by atoms with Crippen molar-refractivity contribution in [1.82, 2.24) is 4.98 Å². The second-order valence-corrected chi connectivity index (χ2v) is 3.92. The number of nitrogens with zero attached hydrogens (tertiary/aromatic N) is 2. The van der Waals surface area contributed by atoms with E-state index in [2.05, 4.69) is 9.72 Å². The Morgan fingerprint density at radius 3 is 2.50 bits per heavy atom. The standard InChI is InChI=1S/C7H2F3IN2O5/c8-7(9,10)18-5-3(11)1-2(6(14)15)4(12-5)13(16)17/h1H,(H,14,15). The monoisotopic (exact) mass is 378 g/mol. The van der Waals surface area contributed by atoms with Gasteiger partial charge in [0.15, 0.2) is 5.56 Å². The minimum atomic E-state index is -5.08. The lowest BCUT2D eigenvalue weighted by molar-refractivity contribution is -0.390. The van der Waals surface area contributed by atoms with Gasteiger partial charge in [0, 0.05) is 4.98 Å². The number of carboxylic acids is 1. The molecule has 0 bridgehead atoms. The van der Waals surface area contributed by atoms with Crippen LogP contribution in [0.2, 0.25) is 0 Å². The number of ether oxygens (including phenoxy) is 1. The summed E-state index contributed by atoms with van der Waals surface area (Å²) in [6.07, 6.45) is -5.08. The third-order valence-corrected chi connectivity index (χ3v) is 2.31. The van der Waals surface area contributed by atoms with Crippen LogP contribution in [0, 0.1) is 13.7 Å². The van der Waals surface area contributed by atoms with Crippen molar-refractivity contribution in [3.63, 3.8) is 0 Å². The average Bonchev–Trinajstić information content (AvgIpc) is 2.17. The number of rotatable bonds is 3. The van der Waals surface area contributed by atoms with Crippen LogP contribution in [0.1, 0.15) is 10.4 Å². The lowest BCUT2D eigenvalue weighted by Gasteiger charge is -2.07. The lowest BCUT2D eigenvalue weighted by atomic mass is 10.2. The van der Waals surface area contributed by atoms with E-state index in [1.807, 2.05) is 0 Å². The molecule has 11 heteroatoms. The molecule has 1 N–H and O–H groups in total. The number of hydrogen-bond acceptors (Lipinski definition) is 5. The molecule has 0 amide bonds. The Labute approximate surface area is 110 Å². The van der Waals surface area contributed by atoms with E-state index in [0.29, 0.717) is 6.07 Å². The quantitative estimate of drug-likeness (QED) is 0.492. The molecule has 0 spiro atoms. The second kappa shape index (κ2) is 4.91. The fourth-order valence-corrected chi connectivity index (χ4v) is 1.48. The van der Waals surface area contributed by atoms with Gasteiger partial charge in [0.1, 0.15) is 3.57 Å². The smallest absolute Gasteiger partial charge is 0.477 e. The van der Waals surface area contributed by atoms with E-state index in [9.17, 15) is 28.1 Å². The van der Waals surface area contributed by atoms with Gasteiger partial charge in [0.05, 0.1) is 0 Å². The van der Waals surface area contributed by atoms with Gasteiger partial charge in [-0.3, -0.25) is 0 Å². The second-order valence-electron chi connectivity index (χ2n) is 2.76. The maximum atomic E-state index is 12.0. The molecule has 0 aliphatic carbocycles. The number of pyridine rings is 1. The number of carbonyl (C=O) groups is 1. The van der Waals surface area contributed by atoms with Crippen molar-refractivity contribution >= 4 is 34.4 Å². The topological polar surface area (TPSA) is 103 Å². The Balaban J connectivity index is 3.36. The van der Waals surface area contributed by atoms with Crippen molar-refractivity contribution in [3.8, 4) is 5.88 Å². The summed E-state index contributed by atoms with van der Waals surface area (Å²) in [5, 5.41) is 19.1. The van der Waals surface area contributed by atoms with Gasteiger partial charge in [-0.25, -0.2) is 4.79 Å². The summed E-state index contributed by atoms with van der Waals surface area (Å²) in [5.74, 6) is -3.97. The summed E-state index contributed by atoms with van der Waals surface area (Å²) >= 11 is 1.33. The summed E-state index contributed by atoms with van der Waals surface area (Å²) in [5.41, 5.74) is -0.820. The molecule has 98 valence electrons. The normalized spacial score (nSPS) is 11.1. The van der Waals surface area contributed by atoms with E-state index in [-0.39, 0.29) is 3.57 Å².